The van der Waals surface area contributed by atoms with Gasteiger partial charge in [0, 0.05) is 60.7 Å². The number of fused-ring (bicyclic) bond motifs is 2. The highest BCUT2D eigenvalue weighted by molar-refractivity contribution is 6.35. The average molecular weight is 508 g/mol. The molecule has 1 aliphatic heterocycles. The van der Waals surface area contributed by atoms with E-state index in [1.165, 1.54) is 6.33 Å². The lowest BCUT2D eigenvalue weighted by Crippen LogP contribution is -2.48. The number of aryl methyl sites for hydroxylation is 1. The molecule has 0 radical (unpaired) electrons. The van der Waals surface area contributed by atoms with Gasteiger partial charge in [-0.3, -0.25) is 9.89 Å². The number of carbonyl (C=O) groups excluding carboxylic acids is 1. The monoisotopic (exact) mass is 507 g/mol. The fraction of sp³-hybridized carbons (Fsp3) is 0.308. The number of nitrogens with one attached hydrogen (secondary N) is 1. The van der Waals surface area contributed by atoms with Crippen molar-refractivity contribution in [2.75, 3.05) is 51.7 Å². The predicted molar refractivity (Wildman–Crippen MR) is 141 cm³/mol. The average Bonchev–Trinajstić information content (AvgIpc) is 3.34. The number of amides is 1. The van der Waals surface area contributed by atoms with E-state index in [4.69, 9.17) is 11.6 Å². The summed E-state index contributed by atoms with van der Waals surface area (Å²) in [4.78, 5) is 27.1. The summed E-state index contributed by atoms with van der Waals surface area (Å²) in [5.41, 5.74) is 2.90. The van der Waals surface area contributed by atoms with E-state index in [9.17, 15) is 4.79 Å². The summed E-state index contributed by atoms with van der Waals surface area (Å²) in [6.07, 6.45) is 6.54. The van der Waals surface area contributed by atoms with Gasteiger partial charge < -0.3 is 14.7 Å². The Morgan fingerprint density at radius 1 is 1.17 bits per heavy atom. The van der Waals surface area contributed by atoms with Crippen LogP contribution >= 0.6 is 11.6 Å². The topological polar surface area (TPSA) is 81.3 Å². The van der Waals surface area contributed by atoms with Gasteiger partial charge >= 0.3 is 0 Å². The lowest BCUT2D eigenvalue weighted by Gasteiger charge is -2.35. The number of nitrogens with zero attached hydrogens (tertiary/aromatic N) is 6. The molecule has 0 spiro atoms. The van der Waals surface area contributed by atoms with E-state index in [0.29, 0.717) is 55.1 Å². The van der Waals surface area contributed by atoms with Crippen LogP contribution in [0.5, 0.6) is 0 Å². The Hall–Kier alpha value is -3.56. The van der Waals surface area contributed by atoms with E-state index in [-0.39, 0.29) is 16.4 Å². The Bertz CT molecular complexity index is 1470. The molecule has 36 heavy (non-hydrogen) atoms. The van der Waals surface area contributed by atoms with Gasteiger partial charge in [-0.15, -0.1) is 0 Å². The molecule has 0 saturated carbocycles. The molecule has 4 aromatic rings. The largest absolute Gasteiger partial charge is 0.352 e. The maximum atomic E-state index is 16.0. The molecule has 3 heterocycles. The van der Waals surface area contributed by atoms with Crippen LogP contribution in [0.2, 0.25) is 5.02 Å². The molecule has 0 aliphatic carbocycles. The Morgan fingerprint density at radius 2 is 1.94 bits per heavy atom. The first-order chi connectivity index (χ1) is 17.3. The predicted octanol–water partition coefficient (Wildman–Crippen LogP) is 4.04. The summed E-state index contributed by atoms with van der Waals surface area (Å²) in [6.45, 7) is 4.88. The summed E-state index contributed by atoms with van der Waals surface area (Å²) in [5, 5.41) is 8.67. The zero-order valence-corrected chi connectivity index (χ0v) is 21.2. The molecule has 10 heteroatoms. The molecular formula is C26H27ClFN7O. The molecule has 1 N–H and O–H groups in total. The van der Waals surface area contributed by atoms with Gasteiger partial charge in [-0.25, -0.2) is 14.4 Å². The molecule has 1 aliphatic rings. The molecule has 2 aromatic heterocycles. The molecule has 8 nitrogen and oxygen atoms in total. The van der Waals surface area contributed by atoms with Crippen LogP contribution in [0.4, 0.5) is 10.2 Å². The van der Waals surface area contributed by atoms with Crippen molar-refractivity contribution in [2.24, 2.45) is 0 Å². The van der Waals surface area contributed by atoms with Crippen LogP contribution in [0, 0.1) is 12.7 Å². The third kappa shape index (κ3) is 4.40. The molecular weight excluding hydrogens is 481 g/mol. The van der Waals surface area contributed by atoms with Crippen molar-refractivity contribution in [2.45, 2.75) is 6.92 Å². The van der Waals surface area contributed by atoms with Gasteiger partial charge in [0.25, 0.3) is 0 Å². The maximum absolute atomic E-state index is 16.0. The molecule has 0 atom stereocenters. The quantitative estimate of drug-likeness (QED) is 0.411. The van der Waals surface area contributed by atoms with Crippen molar-refractivity contribution >= 4 is 45.1 Å². The summed E-state index contributed by atoms with van der Waals surface area (Å²) in [6, 6.07) is 5.57. The van der Waals surface area contributed by atoms with Crippen molar-refractivity contribution in [1.29, 1.82) is 0 Å². The number of halogens is 2. The third-order valence-corrected chi connectivity index (χ3v) is 6.80. The molecule has 1 fully saturated rings. The van der Waals surface area contributed by atoms with E-state index < -0.39 is 5.82 Å². The number of carbonyl (C=O) groups is 1. The van der Waals surface area contributed by atoms with Gasteiger partial charge in [-0.2, -0.15) is 5.10 Å². The van der Waals surface area contributed by atoms with E-state index in [1.54, 1.807) is 18.3 Å². The first-order valence-electron chi connectivity index (χ1n) is 11.8. The summed E-state index contributed by atoms with van der Waals surface area (Å²) in [5.74, 6) is 0.116. The summed E-state index contributed by atoms with van der Waals surface area (Å²) < 4.78 is 16.0. The smallest absolute Gasteiger partial charge is 0.246 e. The van der Waals surface area contributed by atoms with E-state index in [2.05, 4.69) is 25.1 Å². The van der Waals surface area contributed by atoms with Crippen molar-refractivity contribution in [3.05, 3.63) is 59.3 Å². The van der Waals surface area contributed by atoms with Crippen LogP contribution in [0.3, 0.4) is 0 Å². The normalized spacial score (nSPS) is 14.6. The van der Waals surface area contributed by atoms with Crippen LogP contribution in [0.15, 0.2) is 42.9 Å². The number of likely N-dealkylation sites (N-methyl/N-ethyl adjacent to an activating group) is 1. The SMILES string of the molecule is Cc1ccc2[nH]ncc2c1-c1c(Cl)cc2c(N3CCN(C(=O)C=CCN(C)C)CC3)ncnc2c1F. The summed E-state index contributed by atoms with van der Waals surface area (Å²) in [7, 11) is 3.91. The molecule has 186 valence electrons. The van der Waals surface area contributed by atoms with Gasteiger partial charge in [-0.05, 0) is 38.7 Å². The van der Waals surface area contributed by atoms with E-state index in [0.717, 1.165) is 16.5 Å². The maximum Gasteiger partial charge on any atom is 0.246 e. The minimum absolute atomic E-state index is 0.00781. The zero-order valence-electron chi connectivity index (χ0n) is 20.4. The number of anilines is 1. The van der Waals surface area contributed by atoms with Gasteiger partial charge in [0.15, 0.2) is 5.82 Å². The van der Waals surface area contributed by atoms with Gasteiger partial charge in [0.05, 0.1) is 16.7 Å². The number of H-pyrrole nitrogens is 1. The molecule has 1 amide bonds. The van der Waals surface area contributed by atoms with Crippen LogP contribution in [0.1, 0.15) is 5.56 Å². The number of hydrogen-bond acceptors (Lipinski definition) is 6. The van der Waals surface area contributed by atoms with Crippen molar-refractivity contribution in [1.82, 2.24) is 30.0 Å². The second-order valence-electron chi connectivity index (χ2n) is 9.21. The zero-order chi connectivity index (χ0) is 25.4. The molecule has 0 bridgehead atoms. The van der Waals surface area contributed by atoms with Crippen LogP contribution in [-0.4, -0.2) is 82.7 Å². The van der Waals surface area contributed by atoms with Crippen LogP contribution in [0.25, 0.3) is 32.9 Å². The lowest BCUT2D eigenvalue weighted by atomic mass is 9.95. The van der Waals surface area contributed by atoms with Crippen molar-refractivity contribution in [3.8, 4) is 11.1 Å². The molecule has 0 unspecified atom stereocenters. The fourth-order valence-electron chi connectivity index (χ4n) is 4.66. The highest BCUT2D eigenvalue weighted by atomic mass is 35.5. The Labute approximate surface area is 213 Å². The number of rotatable bonds is 5. The minimum atomic E-state index is -0.488. The van der Waals surface area contributed by atoms with E-state index in [1.807, 2.05) is 49.0 Å². The van der Waals surface area contributed by atoms with Crippen LogP contribution < -0.4 is 4.90 Å². The molecule has 1 saturated heterocycles. The van der Waals surface area contributed by atoms with Gasteiger partial charge in [0.1, 0.15) is 17.7 Å². The summed E-state index contributed by atoms with van der Waals surface area (Å²) >= 11 is 6.72. The first-order valence-corrected chi connectivity index (χ1v) is 12.1. The highest BCUT2D eigenvalue weighted by Gasteiger charge is 2.25. The second kappa shape index (κ2) is 9.83. The minimum Gasteiger partial charge on any atom is -0.352 e. The van der Waals surface area contributed by atoms with Crippen molar-refractivity contribution in [3.63, 3.8) is 0 Å². The number of hydrogen-bond donors (Lipinski definition) is 1. The molecule has 2 aromatic carbocycles. The standard InChI is InChI=1S/C26H27ClFN7O/c1-16-6-7-20-18(14-31-32-20)22(16)23-19(27)13-17-25(24(23)28)29-15-30-26(17)35-11-9-34(10-12-35)21(36)5-4-8-33(2)3/h4-7,13-15H,8-12H2,1-3H3,(H,31,32). The van der Waals surface area contributed by atoms with Gasteiger partial charge in [0.2, 0.25) is 5.91 Å². The van der Waals surface area contributed by atoms with Crippen molar-refractivity contribution < 1.29 is 9.18 Å². The number of aromatic amines is 1. The highest BCUT2D eigenvalue weighted by Crippen LogP contribution is 2.41. The van der Waals surface area contributed by atoms with Crippen LogP contribution in [-0.2, 0) is 4.79 Å². The number of piperazine rings is 1. The fourth-order valence-corrected chi connectivity index (χ4v) is 4.95. The Morgan fingerprint density at radius 3 is 2.69 bits per heavy atom. The molecule has 5 rings (SSSR count). The Kier molecular flexibility index (Phi) is 6.59. The third-order valence-electron chi connectivity index (χ3n) is 6.50. The lowest BCUT2D eigenvalue weighted by molar-refractivity contribution is -0.126. The second-order valence-corrected chi connectivity index (χ2v) is 9.61. The number of aromatic nitrogens is 4. The Balaban J connectivity index is 1.46. The first kappa shape index (κ1) is 24.1. The van der Waals surface area contributed by atoms with E-state index >= 15 is 4.39 Å². The van der Waals surface area contributed by atoms with Gasteiger partial charge in [-0.1, -0.05) is 23.7 Å². The number of benzene rings is 2.